The first kappa shape index (κ1) is 19.4. The number of esters is 1. The van der Waals surface area contributed by atoms with E-state index in [0.717, 1.165) is 19.3 Å². The highest BCUT2D eigenvalue weighted by Crippen LogP contribution is 2.27. The smallest absolute Gasteiger partial charge is 0.309 e. The average Bonchev–Trinajstić information content (AvgIpc) is 2.44. The van der Waals surface area contributed by atoms with Gasteiger partial charge in [-0.2, -0.15) is 0 Å². The number of sulfonamides is 1. The highest BCUT2D eigenvalue weighted by atomic mass is 32.2. The molecule has 0 heterocycles. The minimum atomic E-state index is -3.58. The zero-order valence-corrected chi connectivity index (χ0v) is 15.4. The van der Waals surface area contributed by atoms with Gasteiger partial charge in [-0.3, -0.25) is 9.59 Å². The Balaban J connectivity index is 1.93. The van der Waals surface area contributed by atoms with Crippen LogP contribution in [0.25, 0.3) is 0 Å². The Hall–Kier alpha value is -1.93. The largest absolute Gasteiger partial charge is 0.452 e. The molecule has 2 rings (SSSR count). The molecule has 2 N–H and O–H groups in total. The van der Waals surface area contributed by atoms with Crippen LogP contribution in [-0.2, 0) is 24.3 Å². The maximum Gasteiger partial charge on any atom is 0.309 e. The zero-order chi connectivity index (χ0) is 18.6. The van der Waals surface area contributed by atoms with Crippen molar-refractivity contribution in [2.45, 2.75) is 57.1 Å². The molecule has 1 aliphatic rings. The third-order valence-electron chi connectivity index (χ3n) is 3.92. The quantitative estimate of drug-likeness (QED) is 0.717. The SMILES string of the molecule is CC(C)NS(=O)(=O)c1ccc(NC(=O)[C@@H](C)OC(=O)C2CCC2)cc1. The number of hydrogen-bond acceptors (Lipinski definition) is 5. The second-order valence-corrected chi connectivity index (χ2v) is 8.21. The second kappa shape index (κ2) is 7.97. The number of carbonyl (C=O) groups is 2. The van der Waals surface area contributed by atoms with Crippen LogP contribution in [0.15, 0.2) is 29.2 Å². The molecule has 1 atom stereocenters. The molecule has 0 aromatic heterocycles. The fourth-order valence-corrected chi connectivity index (χ4v) is 3.56. The predicted octanol–water partition coefficient (Wildman–Crippen LogP) is 2.04. The molecule has 0 bridgehead atoms. The van der Waals surface area contributed by atoms with Crippen LogP contribution in [-0.4, -0.2) is 32.4 Å². The molecule has 0 radical (unpaired) electrons. The van der Waals surface area contributed by atoms with Gasteiger partial charge in [0.25, 0.3) is 5.91 Å². The lowest BCUT2D eigenvalue weighted by Crippen LogP contribution is -2.34. The maximum atomic E-state index is 12.1. The number of ether oxygens (including phenoxy) is 1. The summed E-state index contributed by atoms with van der Waals surface area (Å²) >= 11 is 0. The standard InChI is InChI=1S/C17H24N2O5S/c1-11(2)19-25(22,23)15-9-7-14(8-10-15)18-16(20)12(3)24-17(21)13-5-4-6-13/h7-13,19H,4-6H2,1-3H3,(H,18,20)/t12-/m1/s1. The van der Waals surface area contributed by atoms with Crippen molar-refractivity contribution in [2.75, 3.05) is 5.32 Å². The molecule has 1 fully saturated rings. The van der Waals surface area contributed by atoms with E-state index in [0.29, 0.717) is 5.69 Å². The molecule has 0 aliphatic heterocycles. The van der Waals surface area contributed by atoms with Gasteiger partial charge in [-0.15, -0.1) is 0 Å². The maximum absolute atomic E-state index is 12.1. The van der Waals surface area contributed by atoms with Crippen molar-refractivity contribution in [1.29, 1.82) is 0 Å². The predicted molar refractivity (Wildman–Crippen MR) is 93.4 cm³/mol. The monoisotopic (exact) mass is 368 g/mol. The molecule has 1 aliphatic carbocycles. The van der Waals surface area contributed by atoms with Crippen LogP contribution < -0.4 is 10.0 Å². The number of hydrogen-bond donors (Lipinski definition) is 2. The van der Waals surface area contributed by atoms with Crippen LogP contribution in [0.2, 0.25) is 0 Å². The van der Waals surface area contributed by atoms with Crippen molar-refractivity contribution in [3.8, 4) is 0 Å². The molecule has 0 spiro atoms. The van der Waals surface area contributed by atoms with Crippen molar-refractivity contribution in [2.24, 2.45) is 5.92 Å². The Morgan fingerprint density at radius 3 is 2.20 bits per heavy atom. The average molecular weight is 368 g/mol. The molecule has 7 nitrogen and oxygen atoms in total. The van der Waals surface area contributed by atoms with E-state index in [1.807, 2.05) is 0 Å². The normalized spacial score (nSPS) is 16.2. The summed E-state index contributed by atoms with van der Waals surface area (Å²) in [7, 11) is -3.58. The third-order valence-corrected chi connectivity index (χ3v) is 5.60. The fourth-order valence-electron chi connectivity index (χ4n) is 2.31. The summed E-state index contributed by atoms with van der Waals surface area (Å²) in [6, 6.07) is 5.59. The first-order valence-corrected chi connectivity index (χ1v) is 9.81. The molecule has 1 saturated carbocycles. The van der Waals surface area contributed by atoms with Crippen LogP contribution >= 0.6 is 0 Å². The van der Waals surface area contributed by atoms with E-state index in [1.165, 1.54) is 31.2 Å². The van der Waals surface area contributed by atoms with Gasteiger partial charge in [0, 0.05) is 11.7 Å². The van der Waals surface area contributed by atoms with E-state index in [2.05, 4.69) is 10.0 Å². The topological polar surface area (TPSA) is 102 Å². The number of anilines is 1. The van der Waals surface area contributed by atoms with Gasteiger partial charge >= 0.3 is 5.97 Å². The molecule has 8 heteroatoms. The molecular weight excluding hydrogens is 344 g/mol. The van der Waals surface area contributed by atoms with Crippen LogP contribution in [0, 0.1) is 5.92 Å². The summed E-state index contributed by atoms with van der Waals surface area (Å²) in [5, 5.41) is 2.61. The van der Waals surface area contributed by atoms with E-state index in [1.54, 1.807) is 13.8 Å². The first-order chi connectivity index (χ1) is 11.7. The van der Waals surface area contributed by atoms with Crippen molar-refractivity contribution in [3.63, 3.8) is 0 Å². The van der Waals surface area contributed by atoms with Crippen molar-refractivity contribution < 1.29 is 22.7 Å². The summed E-state index contributed by atoms with van der Waals surface area (Å²) in [5.74, 6) is -0.883. The van der Waals surface area contributed by atoms with Gasteiger partial charge in [0.15, 0.2) is 6.10 Å². The molecule has 0 unspecified atom stereocenters. The van der Waals surface area contributed by atoms with Crippen molar-refractivity contribution in [3.05, 3.63) is 24.3 Å². The molecule has 0 saturated heterocycles. The summed E-state index contributed by atoms with van der Waals surface area (Å²) in [4.78, 5) is 24.0. The lowest BCUT2D eigenvalue weighted by Gasteiger charge is -2.24. The summed E-state index contributed by atoms with van der Waals surface area (Å²) < 4.78 is 31.7. The first-order valence-electron chi connectivity index (χ1n) is 8.33. The lowest BCUT2D eigenvalue weighted by atomic mass is 9.86. The van der Waals surface area contributed by atoms with Gasteiger partial charge in [-0.1, -0.05) is 6.42 Å². The van der Waals surface area contributed by atoms with E-state index >= 15 is 0 Å². The summed E-state index contributed by atoms with van der Waals surface area (Å²) in [6.07, 6.45) is 1.74. The van der Waals surface area contributed by atoms with E-state index in [-0.39, 0.29) is 22.8 Å². The van der Waals surface area contributed by atoms with Crippen LogP contribution in [0.5, 0.6) is 0 Å². The highest BCUT2D eigenvalue weighted by Gasteiger charge is 2.29. The second-order valence-electron chi connectivity index (χ2n) is 6.50. The minimum absolute atomic E-state index is 0.0896. The van der Waals surface area contributed by atoms with Gasteiger partial charge in [0.2, 0.25) is 10.0 Å². The van der Waals surface area contributed by atoms with Crippen LogP contribution in [0.1, 0.15) is 40.0 Å². The lowest BCUT2D eigenvalue weighted by molar-refractivity contribution is -0.159. The molecular formula is C17H24N2O5S. The number of rotatable bonds is 7. The molecule has 1 amide bonds. The van der Waals surface area contributed by atoms with E-state index < -0.39 is 22.0 Å². The van der Waals surface area contributed by atoms with Gasteiger partial charge in [0.05, 0.1) is 10.8 Å². The highest BCUT2D eigenvalue weighted by molar-refractivity contribution is 7.89. The van der Waals surface area contributed by atoms with Gasteiger partial charge in [-0.25, -0.2) is 13.1 Å². The summed E-state index contributed by atoms with van der Waals surface area (Å²) in [6.45, 7) is 4.98. The Morgan fingerprint density at radius 1 is 1.12 bits per heavy atom. The minimum Gasteiger partial charge on any atom is -0.452 e. The molecule has 1 aromatic carbocycles. The molecule has 138 valence electrons. The Labute approximate surface area is 148 Å². The molecule has 1 aromatic rings. The number of benzene rings is 1. The van der Waals surface area contributed by atoms with Gasteiger partial charge in [0.1, 0.15) is 0 Å². The van der Waals surface area contributed by atoms with E-state index in [9.17, 15) is 18.0 Å². The Morgan fingerprint density at radius 2 is 1.72 bits per heavy atom. The van der Waals surface area contributed by atoms with Crippen molar-refractivity contribution >= 4 is 27.6 Å². The third kappa shape index (κ3) is 5.27. The zero-order valence-electron chi connectivity index (χ0n) is 14.6. The van der Waals surface area contributed by atoms with Crippen LogP contribution in [0.4, 0.5) is 5.69 Å². The Bertz CT molecular complexity index is 724. The van der Waals surface area contributed by atoms with Crippen LogP contribution in [0.3, 0.4) is 0 Å². The number of nitrogens with one attached hydrogen (secondary N) is 2. The molecule has 25 heavy (non-hydrogen) atoms. The Kier molecular flexibility index (Phi) is 6.18. The number of carbonyl (C=O) groups excluding carboxylic acids is 2. The van der Waals surface area contributed by atoms with Gasteiger partial charge in [-0.05, 0) is 57.9 Å². The number of amides is 1. The fraction of sp³-hybridized carbons (Fsp3) is 0.529. The van der Waals surface area contributed by atoms with E-state index in [4.69, 9.17) is 4.74 Å². The summed E-state index contributed by atoms with van der Waals surface area (Å²) in [5.41, 5.74) is 0.431. The van der Waals surface area contributed by atoms with Gasteiger partial charge < -0.3 is 10.1 Å². The van der Waals surface area contributed by atoms with Crippen molar-refractivity contribution in [1.82, 2.24) is 4.72 Å².